The Labute approximate surface area is 85.3 Å². The highest BCUT2D eigenvalue weighted by Gasteiger charge is 2.22. The van der Waals surface area contributed by atoms with Gasteiger partial charge in [0.2, 0.25) is 0 Å². The number of alkyl halides is 1. The molecule has 1 saturated carbocycles. The molecule has 0 amide bonds. The van der Waals surface area contributed by atoms with E-state index in [1.165, 1.54) is 30.6 Å². The third kappa shape index (κ3) is 2.07. The second kappa shape index (κ2) is 3.88. The Morgan fingerprint density at radius 3 is 3.08 bits per heavy atom. The van der Waals surface area contributed by atoms with E-state index in [-0.39, 0.29) is 0 Å². The van der Waals surface area contributed by atoms with Crippen LogP contribution in [0, 0.1) is 5.92 Å². The van der Waals surface area contributed by atoms with Crippen molar-refractivity contribution >= 4 is 27.3 Å². The second-order valence-corrected chi connectivity index (χ2v) is 5.71. The van der Waals surface area contributed by atoms with Crippen molar-refractivity contribution in [2.75, 3.05) is 0 Å². The van der Waals surface area contributed by atoms with E-state index in [2.05, 4.69) is 20.9 Å². The molecule has 1 aliphatic carbocycles. The average molecular weight is 246 g/mol. The fourth-order valence-electron chi connectivity index (χ4n) is 1.83. The van der Waals surface area contributed by atoms with Crippen LogP contribution in [0.15, 0.2) is 11.7 Å². The van der Waals surface area contributed by atoms with E-state index in [9.17, 15) is 0 Å². The zero-order chi connectivity index (χ0) is 8.39. The Bertz CT molecular complexity index is 235. The standard InChI is InChI=1S/C9H12BrNS/c10-8-2-1-7(3-8)4-9-5-11-6-12-9/h5-8H,1-4H2. The lowest BCUT2D eigenvalue weighted by Gasteiger charge is -2.05. The van der Waals surface area contributed by atoms with Gasteiger partial charge in [-0.1, -0.05) is 15.9 Å². The molecule has 1 fully saturated rings. The SMILES string of the molecule is BrC1CCC(Cc2cncs2)C1. The maximum atomic E-state index is 4.09. The molecule has 66 valence electrons. The molecule has 0 aromatic carbocycles. The first-order chi connectivity index (χ1) is 5.84. The predicted octanol–water partition coefficient (Wildman–Crippen LogP) is 3.25. The van der Waals surface area contributed by atoms with E-state index in [4.69, 9.17) is 0 Å². The molecule has 0 aliphatic heterocycles. The van der Waals surface area contributed by atoms with Crippen LogP contribution in [0.2, 0.25) is 0 Å². The largest absolute Gasteiger partial charge is 0.253 e. The molecule has 2 atom stereocenters. The number of rotatable bonds is 2. The summed E-state index contributed by atoms with van der Waals surface area (Å²) in [6, 6.07) is 0. The highest BCUT2D eigenvalue weighted by molar-refractivity contribution is 9.09. The zero-order valence-electron chi connectivity index (χ0n) is 6.87. The van der Waals surface area contributed by atoms with Crippen molar-refractivity contribution in [2.45, 2.75) is 30.5 Å². The molecule has 0 radical (unpaired) electrons. The third-order valence-corrected chi connectivity index (χ3v) is 4.08. The van der Waals surface area contributed by atoms with Gasteiger partial charge in [0.05, 0.1) is 5.51 Å². The van der Waals surface area contributed by atoms with Crippen molar-refractivity contribution in [1.82, 2.24) is 4.98 Å². The van der Waals surface area contributed by atoms with Crippen LogP contribution < -0.4 is 0 Å². The monoisotopic (exact) mass is 245 g/mol. The molecule has 1 aliphatic rings. The lowest BCUT2D eigenvalue weighted by molar-refractivity contribution is 0.552. The Balaban J connectivity index is 1.88. The molecule has 0 spiro atoms. The molecule has 12 heavy (non-hydrogen) atoms. The summed E-state index contributed by atoms with van der Waals surface area (Å²) in [7, 11) is 0. The minimum Gasteiger partial charge on any atom is -0.253 e. The van der Waals surface area contributed by atoms with Crippen LogP contribution in [-0.4, -0.2) is 9.81 Å². The van der Waals surface area contributed by atoms with E-state index in [0.717, 1.165) is 10.7 Å². The summed E-state index contributed by atoms with van der Waals surface area (Å²) in [5.41, 5.74) is 1.93. The van der Waals surface area contributed by atoms with Crippen LogP contribution >= 0.6 is 27.3 Å². The van der Waals surface area contributed by atoms with Crippen LogP contribution in [0.4, 0.5) is 0 Å². The van der Waals surface area contributed by atoms with Crippen molar-refractivity contribution in [2.24, 2.45) is 5.92 Å². The van der Waals surface area contributed by atoms with Gasteiger partial charge in [0.15, 0.2) is 0 Å². The predicted molar refractivity (Wildman–Crippen MR) is 55.9 cm³/mol. The Hall–Kier alpha value is 0.110. The summed E-state index contributed by atoms with van der Waals surface area (Å²) < 4.78 is 0. The molecular weight excluding hydrogens is 234 g/mol. The maximum absolute atomic E-state index is 4.09. The summed E-state index contributed by atoms with van der Waals surface area (Å²) in [6.45, 7) is 0. The van der Waals surface area contributed by atoms with Crippen LogP contribution in [0.1, 0.15) is 24.1 Å². The summed E-state index contributed by atoms with van der Waals surface area (Å²) in [5.74, 6) is 0.898. The van der Waals surface area contributed by atoms with Gasteiger partial charge in [-0.3, -0.25) is 4.98 Å². The van der Waals surface area contributed by atoms with E-state index in [1.807, 2.05) is 11.7 Å². The molecule has 1 aromatic heterocycles. The van der Waals surface area contributed by atoms with Crippen molar-refractivity contribution in [3.8, 4) is 0 Å². The highest BCUT2D eigenvalue weighted by atomic mass is 79.9. The quantitative estimate of drug-likeness (QED) is 0.730. The van der Waals surface area contributed by atoms with Gasteiger partial charge in [-0.15, -0.1) is 11.3 Å². The molecule has 2 unspecified atom stereocenters. The number of aromatic nitrogens is 1. The van der Waals surface area contributed by atoms with Gasteiger partial charge in [0.25, 0.3) is 0 Å². The topological polar surface area (TPSA) is 12.9 Å². The summed E-state index contributed by atoms with van der Waals surface area (Å²) in [6.07, 6.45) is 7.33. The summed E-state index contributed by atoms with van der Waals surface area (Å²) in [4.78, 5) is 6.31. The Morgan fingerprint density at radius 2 is 2.50 bits per heavy atom. The molecule has 1 heterocycles. The molecule has 0 N–H and O–H groups in total. The molecule has 2 rings (SSSR count). The van der Waals surface area contributed by atoms with Gasteiger partial charge in [0, 0.05) is 15.9 Å². The van der Waals surface area contributed by atoms with Crippen molar-refractivity contribution in [3.05, 3.63) is 16.6 Å². The van der Waals surface area contributed by atoms with Gasteiger partial charge in [-0.05, 0) is 31.6 Å². The fourth-order valence-corrected chi connectivity index (χ4v) is 3.33. The van der Waals surface area contributed by atoms with Gasteiger partial charge in [-0.2, -0.15) is 0 Å². The molecule has 1 nitrogen and oxygen atoms in total. The van der Waals surface area contributed by atoms with Gasteiger partial charge < -0.3 is 0 Å². The van der Waals surface area contributed by atoms with Gasteiger partial charge in [0.1, 0.15) is 0 Å². The minimum atomic E-state index is 0.774. The first-order valence-corrected chi connectivity index (χ1v) is 6.15. The Morgan fingerprint density at radius 1 is 1.58 bits per heavy atom. The Kier molecular flexibility index (Phi) is 2.81. The second-order valence-electron chi connectivity index (χ2n) is 3.45. The van der Waals surface area contributed by atoms with Crippen LogP contribution in [0.3, 0.4) is 0 Å². The molecule has 1 aromatic rings. The number of nitrogens with zero attached hydrogens (tertiary/aromatic N) is 1. The van der Waals surface area contributed by atoms with Crippen LogP contribution in [-0.2, 0) is 6.42 Å². The average Bonchev–Trinajstić information content (AvgIpc) is 2.63. The van der Waals surface area contributed by atoms with Gasteiger partial charge >= 0.3 is 0 Å². The van der Waals surface area contributed by atoms with Crippen LogP contribution in [0.5, 0.6) is 0 Å². The van der Waals surface area contributed by atoms with E-state index < -0.39 is 0 Å². The first kappa shape index (κ1) is 8.70. The van der Waals surface area contributed by atoms with Crippen molar-refractivity contribution in [3.63, 3.8) is 0 Å². The normalized spacial score (nSPS) is 29.4. The third-order valence-electron chi connectivity index (χ3n) is 2.45. The van der Waals surface area contributed by atoms with E-state index >= 15 is 0 Å². The number of hydrogen-bond donors (Lipinski definition) is 0. The van der Waals surface area contributed by atoms with Gasteiger partial charge in [-0.25, -0.2) is 0 Å². The zero-order valence-corrected chi connectivity index (χ0v) is 9.27. The highest BCUT2D eigenvalue weighted by Crippen LogP contribution is 2.33. The first-order valence-electron chi connectivity index (χ1n) is 4.36. The molecule has 0 saturated heterocycles. The summed E-state index contributed by atoms with van der Waals surface area (Å²) in [5, 5.41) is 0. The van der Waals surface area contributed by atoms with E-state index in [0.29, 0.717) is 0 Å². The maximum Gasteiger partial charge on any atom is 0.0794 e. The molecule has 3 heteroatoms. The van der Waals surface area contributed by atoms with Crippen molar-refractivity contribution in [1.29, 1.82) is 0 Å². The number of hydrogen-bond acceptors (Lipinski definition) is 2. The lowest BCUT2D eigenvalue weighted by Crippen LogP contribution is -1.98. The smallest absolute Gasteiger partial charge is 0.0794 e. The molecule has 0 bridgehead atoms. The van der Waals surface area contributed by atoms with Crippen molar-refractivity contribution < 1.29 is 0 Å². The van der Waals surface area contributed by atoms with Crippen LogP contribution in [0.25, 0.3) is 0 Å². The van der Waals surface area contributed by atoms with E-state index in [1.54, 1.807) is 11.3 Å². The number of halogens is 1. The summed E-state index contributed by atoms with van der Waals surface area (Å²) >= 11 is 5.46. The fraction of sp³-hybridized carbons (Fsp3) is 0.667. The molecular formula is C9H12BrNS. The number of thiazole rings is 1. The lowest BCUT2D eigenvalue weighted by atomic mass is 10.0. The minimum absolute atomic E-state index is 0.774.